The average Bonchev–Trinajstić information content (AvgIpc) is 3.40. The van der Waals surface area contributed by atoms with Gasteiger partial charge >= 0.3 is 12.2 Å². The summed E-state index contributed by atoms with van der Waals surface area (Å²) in [7, 11) is -4.49. The molecule has 0 unspecified atom stereocenters. The molecule has 54 heavy (non-hydrogen) atoms. The van der Waals surface area contributed by atoms with Gasteiger partial charge in [0.25, 0.3) is 15.9 Å². The first-order chi connectivity index (χ1) is 25.6. The highest BCUT2D eigenvalue weighted by molar-refractivity contribution is 7.90. The van der Waals surface area contributed by atoms with E-state index in [9.17, 15) is 32.4 Å². The summed E-state index contributed by atoms with van der Waals surface area (Å²) in [6, 6.07) is 6.60. The third-order valence-corrected chi connectivity index (χ3v) is 11.8. The monoisotopic (exact) mass is 784 g/mol. The molecule has 0 bridgehead atoms. The van der Waals surface area contributed by atoms with Crippen molar-refractivity contribution in [1.29, 1.82) is 0 Å². The second-order valence-electron chi connectivity index (χ2n) is 15.1. The zero-order valence-electron chi connectivity index (χ0n) is 30.4. The fraction of sp³-hybridized carbons (Fsp3) is 0.514. The summed E-state index contributed by atoms with van der Waals surface area (Å²) in [5, 5.41) is 5.31. The number of nitrogens with zero attached hydrogens (tertiary/aromatic N) is 3. The number of aromatic nitrogens is 1. The number of ether oxygens (including phenoxy) is 2. The predicted molar refractivity (Wildman–Crippen MR) is 195 cm³/mol. The molecule has 1 saturated heterocycles. The highest BCUT2D eigenvalue weighted by Crippen LogP contribution is 2.46. The van der Waals surface area contributed by atoms with Gasteiger partial charge in [-0.15, -0.1) is 0 Å². The molecular formula is C37H45ClN6O9S. The Morgan fingerprint density at radius 1 is 1.06 bits per heavy atom. The standard InChI is InChI=1S/C37H45ClN6O9S/c1-36(2,3)53-34(48)40-28-14-8-6-4-5-7-13-25-18-37(25,33(47)42-54(50,51)30-19-39-16-15-27(30)38)41-31(45)29-17-26(22-44(29)32(28)46)52-35(49)43-20-23-11-9-10-12-24(23)21-43/h7,9-13,15-16,19,25-26,28-29H,4-6,8,14,17-18,20-22H2,1-3H3,(H,40,48)(H,41,45)(H,42,47)/b13-7-/t25-,26-,28+,29+,37-/m1/s1. The van der Waals surface area contributed by atoms with Crippen molar-refractivity contribution >= 4 is 51.5 Å². The topological polar surface area (TPSA) is 193 Å². The number of alkyl carbamates (subject to hydrolysis) is 1. The molecule has 4 aliphatic rings. The van der Waals surface area contributed by atoms with Gasteiger partial charge < -0.3 is 25.0 Å². The van der Waals surface area contributed by atoms with Crippen LogP contribution in [0.2, 0.25) is 5.02 Å². The van der Waals surface area contributed by atoms with Crippen molar-refractivity contribution in [3.8, 4) is 0 Å². The van der Waals surface area contributed by atoms with E-state index in [1.54, 1.807) is 26.8 Å². The number of hydrogen-bond donors (Lipinski definition) is 3. The summed E-state index contributed by atoms with van der Waals surface area (Å²) in [6.07, 6.45) is 6.56. The zero-order valence-corrected chi connectivity index (χ0v) is 32.0. The van der Waals surface area contributed by atoms with Crippen molar-refractivity contribution in [2.45, 2.75) is 113 Å². The highest BCUT2D eigenvalue weighted by Gasteiger charge is 2.62. The molecule has 0 radical (unpaired) electrons. The van der Waals surface area contributed by atoms with Gasteiger partial charge in [-0.2, -0.15) is 0 Å². The second kappa shape index (κ2) is 15.6. The van der Waals surface area contributed by atoms with Crippen molar-refractivity contribution in [3.05, 3.63) is 71.0 Å². The SMILES string of the molecule is CC(C)(C)OC(=O)N[C@H]1CCCCC/C=C\[C@@H]2C[C@@]2(C(=O)NS(=O)(=O)c2cnccc2Cl)NC(=O)[C@@H]2C[C@@H](OC(=O)N3Cc4ccccc4C3)CN2C1=O. The fourth-order valence-corrected chi connectivity index (χ4v) is 8.59. The number of pyridine rings is 1. The van der Waals surface area contributed by atoms with Gasteiger partial charge in [0.15, 0.2) is 0 Å². The molecule has 290 valence electrons. The number of halogens is 1. The average molecular weight is 785 g/mol. The number of rotatable bonds is 5. The van der Waals surface area contributed by atoms with Crippen molar-refractivity contribution in [2.75, 3.05) is 6.54 Å². The lowest BCUT2D eigenvalue weighted by Crippen LogP contribution is -2.58. The summed E-state index contributed by atoms with van der Waals surface area (Å²) in [5.41, 5.74) is -0.531. The largest absolute Gasteiger partial charge is 0.444 e. The first-order valence-electron chi connectivity index (χ1n) is 18.0. The molecule has 2 fully saturated rings. The number of fused-ring (bicyclic) bond motifs is 3. The number of hydrogen-bond acceptors (Lipinski definition) is 10. The molecule has 1 aromatic carbocycles. The Balaban J connectivity index is 1.27. The molecule has 6 rings (SSSR count). The van der Waals surface area contributed by atoms with Gasteiger partial charge in [-0.25, -0.2) is 22.7 Å². The van der Waals surface area contributed by atoms with Gasteiger partial charge in [-0.3, -0.25) is 24.3 Å². The van der Waals surface area contributed by atoms with E-state index in [1.807, 2.05) is 30.3 Å². The second-order valence-corrected chi connectivity index (χ2v) is 17.2. The van der Waals surface area contributed by atoms with Crippen LogP contribution < -0.4 is 15.4 Å². The van der Waals surface area contributed by atoms with E-state index in [4.69, 9.17) is 21.1 Å². The first kappa shape index (κ1) is 39.0. The van der Waals surface area contributed by atoms with E-state index >= 15 is 0 Å². The van der Waals surface area contributed by atoms with E-state index in [1.165, 1.54) is 22.1 Å². The summed E-state index contributed by atoms with van der Waals surface area (Å²) >= 11 is 6.11. The number of benzene rings is 1. The maximum absolute atomic E-state index is 14.4. The molecule has 5 atom stereocenters. The van der Waals surface area contributed by atoms with E-state index in [-0.39, 0.29) is 30.8 Å². The van der Waals surface area contributed by atoms with Gasteiger partial charge in [0.2, 0.25) is 11.8 Å². The number of amides is 5. The Kier molecular flexibility index (Phi) is 11.2. The van der Waals surface area contributed by atoms with Crippen LogP contribution in [-0.2, 0) is 47.0 Å². The minimum atomic E-state index is -4.49. The van der Waals surface area contributed by atoms with Crippen LogP contribution in [-0.4, -0.2) is 89.0 Å². The molecule has 3 aliphatic heterocycles. The van der Waals surface area contributed by atoms with Gasteiger partial charge in [0.1, 0.15) is 34.2 Å². The number of nitrogens with one attached hydrogen (secondary N) is 3. The van der Waals surface area contributed by atoms with E-state index in [0.29, 0.717) is 32.4 Å². The maximum atomic E-state index is 14.4. The molecular weight excluding hydrogens is 740 g/mol. The van der Waals surface area contributed by atoms with Gasteiger partial charge in [-0.1, -0.05) is 60.9 Å². The summed E-state index contributed by atoms with van der Waals surface area (Å²) in [5.74, 6) is -2.86. The van der Waals surface area contributed by atoms with Crippen molar-refractivity contribution in [1.82, 2.24) is 30.1 Å². The number of carbonyl (C=O) groups excluding carboxylic acids is 5. The van der Waals surface area contributed by atoms with Crippen LogP contribution in [0.15, 0.2) is 59.8 Å². The minimum Gasteiger partial charge on any atom is -0.444 e. The van der Waals surface area contributed by atoms with Crippen LogP contribution in [0, 0.1) is 5.92 Å². The summed E-state index contributed by atoms with van der Waals surface area (Å²) in [4.78, 5) is 75.1. The van der Waals surface area contributed by atoms with Gasteiger partial charge in [-0.05, 0) is 63.6 Å². The fourth-order valence-electron chi connectivity index (χ4n) is 7.12. The van der Waals surface area contributed by atoms with Crippen molar-refractivity contribution in [3.63, 3.8) is 0 Å². The van der Waals surface area contributed by atoms with Crippen molar-refractivity contribution < 1.29 is 41.9 Å². The van der Waals surface area contributed by atoms with Crippen LogP contribution in [0.3, 0.4) is 0 Å². The van der Waals surface area contributed by atoms with Crippen LogP contribution in [0.5, 0.6) is 0 Å². The lowest BCUT2D eigenvalue weighted by Gasteiger charge is -2.30. The molecule has 5 amide bonds. The quantitative estimate of drug-likeness (QED) is 0.374. The Morgan fingerprint density at radius 2 is 1.78 bits per heavy atom. The molecule has 0 spiro atoms. The normalized spacial score (nSPS) is 26.5. The lowest BCUT2D eigenvalue weighted by molar-refractivity contribution is -0.141. The van der Waals surface area contributed by atoms with Gasteiger partial charge in [0, 0.05) is 37.8 Å². The minimum absolute atomic E-state index is 0.0921. The van der Waals surface area contributed by atoms with Crippen LogP contribution in [0.25, 0.3) is 0 Å². The summed E-state index contributed by atoms with van der Waals surface area (Å²) < 4.78 is 40.0. The van der Waals surface area contributed by atoms with E-state index < -0.39 is 80.1 Å². The third kappa shape index (κ3) is 8.81. The Labute approximate surface area is 319 Å². The summed E-state index contributed by atoms with van der Waals surface area (Å²) in [6.45, 7) is 5.62. The molecule has 3 N–H and O–H groups in total. The smallest absolute Gasteiger partial charge is 0.410 e. The number of sulfonamides is 1. The Hall–Kier alpha value is -4.70. The molecule has 1 aromatic heterocycles. The van der Waals surface area contributed by atoms with Crippen LogP contribution in [0.4, 0.5) is 9.59 Å². The van der Waals surface area contributed by atoms with E-state index in [0.717, 1.165) is 23.7 Å². The molecule has 1 saturated carbocycles. The lowest BCUT2D eigenvalue weighted by atomic mass is 10.0. The highest BCUT2D eigenvalue weighted by atomic mass is 35.5. The van der Waals surface area contributed by atoms with Gasteiger partial charge in [0.05, 0.1) is 11.6 Å². The molecule has 2 aromatic rings. The van der Waals surface area contributed by atoms with E-state index in [2.05, 4.69) is 20.3 Å². The Morgan fingerprint density at radius 3 is 2.46 bits per heavy atom. The van der Waals surface area contributed by atoms with Crippen LogP contribution in [0.1, 0.15) is 76.8 Å². The first-order valence-corrected chi connectivity index (χ1v) is 19.9. The van der Waals surface area contributed by atoms with Crippen LogP contribution >= 0.6 is 11.6 Å². The maximum Gasteiger partial charge on any atom is 0.410 e. The Bertz CT molecular complexity index is 1930. The molecule has 17 heteroatoms. The molecule has 1 aliphatic carbocycles. The zero-order chi connectivity index (χ0) is 38.8. The molecule has 15 nitrogen and oxygen atoms in total. The molecule has 4 heterocycles. The third-order valence-electron chi connectivity index (χ3n) is 9.95. The van der Waals surface area contributed by atoms with Crippen molar-refractivity contribution in [2.24, 2.45) is 5.92 Å². The number of carbonyl (C=O) groups is 5. The number of allylic oxidation sites excluding steroid dienone is 1. The predicted octanol–water partition coefficient (Wildman–Crippen LogP) is 3.95.